The topological polar surface area (TPSA) is 84.3 Å². The summed E-state index contributed by atoms with van der Waals surface area (Å²) in [6.07, 6.45) is 6.52. The van der Waals surface area contributed by atoms with Gasteiger partial charge in [-0.05, 0) is 64.2 Å². The second kappa shape index (κ2) is 9.16. The number of nitrogens with zero attached hydrogens (tertiary/aromatic N) is 3. The van der Waals surface area contributed by atoms with Crippen LogP contribution in [0.3, 0.4) is 0 Å². The van der Waals surface area contributed by atoms with Crippen molar-refractivity contribution < 1.29 is 13.2 Å². The van der Waals surface area contributed by atoms with Crippen LogP contribution in [-0.2, 0) is 21.4 Å². The Hall–Kier alpha value is -1.41. The molecule has 2 heterocycles. The van der Waals surface area contributed by atoms with Gasteiger partial charge >= 0.3 is 0 Å². The fourth-order valence-electron chi connectivity index (χ4n) is 4.54. The molecular formula is C21H36N4O3S. The molecule has 0 spiro atoms. The van der Waals surface area contributed by atoms with Crippen LogP contribution in [0.4, 0.5) is 0 Å². The number of aryl methyl sites for hydroxylation is 2. The first-order valence-corrected chi connectivity index (χ1v) is 12.5. The number of hydrogen-bond donors (Lipinski definition) is 1. The van der Waals surface area contributed by atoms with Gasteiger partial charge in [0.1, 0.15) is 4.90 Å². The lowest BCUT2D eigenvalue weighted by Gasteiger charge is -2.29. The molecule has 1 aromatic rings. The predicted octanol–water partition coefficient (Wildman–Crippen LogP) is 3.01. The normalized spacial score (nSPS) is 24.6. The maximum absolute atomic E-state index is 13.2. The van der Waals surface area contributed by atoms with Crippen molar-refractivity contribution in [1.82, 2.24) is 19.4 Å². The van der Waals surface area contributed by atoms with Crippen molar-refractivity contribution in [2.24, 2.45) is 11.8 Å². The number of amides is 1. The summed E-state index contributed by atoms with van der Waals surface area (Å²) in [5, 5.41) is 7.58. The lowest BCUT2D eigenvalue weighted by Crippen LogP contribution is -2.38. The van der Waals surface area contributed by atoms with E-state index in [0.717, 1.165) is 31.6 Å². The standard InChI is InChI=1S/C21H36N4O3S/c1-15-5-7-19(8-6-15)22-20(26)11-14-25-18(4)21(17(3)23-25)29(27,28)24-12-9-16(2)10-13-24/h15-16,19H,5-14H2,1-4H3,(H,22,26). The maximum atomic E-state index is 13.2. The van der Waals surface area contributed by atoms with Crippen LogP contribution in [0.25, 0.3) is 0 Å². The van der Waals surface area contributed by atoms with Gasteiger partial charge in [-0.25, -0.2) is 8.42 Å². The number of nitrogens with one attached hydrogen (secondary N) is 1. The molecule has 1 saturated heterocycles. The van der Waals surface area contributed by atoms with Crippen LogP contribution >= 0.6 is 0 Å². The maximum Gasteiger partial charge on any atom is 0.246 e. The second-order valence-electron chi connectivity index (χ2n) is 9.08. The summed E-state index contributed by atoms with van der Waals surface area (Å²) in [7, 11) is -3.54. The highest BCUT2D eigenvalue weighted by molar-refractivity contribution is 7.89. The third-order valence-electron chi connectivity index (χ3n) is 6.59. The molecule has 0 radical (unpaired) electrons. The Morgan fingerprint density at radius 2 is 1.62 bits per heavy atom. The molecule has 1 aliphatic heterocycles. The van der Waals surface area contributed by atoms with Crippen molar-refractivity contribution in [2.75, 3.05) is 13.1 Å². The van der Waals surface area contributed by atoms with Gasteiger partial charge in [-0.15, -0.1) is 0 Å². The number of hydrogen-bond acceptors (Lipinski definition) is 4. The van der Waals surface area contributed by atoms with Crippen LogP contribution in [0.1, 0.15) is 70.2 Å². The van der Waals surface area contributed by atoms with E-state index in [9.17, 15) is 13.2 Å². The Balaban J connectivity index is 1.62. The van der Waals surface area contributed by atoms with E-state index < -0.39 is 10.0 Å². The van der Waals surface area contributed by atoms with E-state index in [0.29, 0.717) is 48.3 Å². The van der Waals surface area contributed by atoms with Crippen LogP contribution in [0.15, 0.2) is 4.90 Å². The first-order chi connectivity index (χ1) is 13.7. The number of carbonyl (C=O) groups excluding carboxylic acids is 1. The molecule has 1 amide bonds. The molecule has 0 aromatic carbocycles. The summed E-state index contributed by atoms with van der Waals surface area (Å²) in [5.74, 6) is 1.34. The molecule has 0 unspecified atom stereocenters. The minimum Gasteiger partial charge on any atom is -0.353 e. The van der Waals surface area contributed by atoms with Gasteiger partial charge in [0.05, 0.1) is 17.9 Å². The summed E-state index contributed by atoms with van der Waals surface area (Å²) in [5.41, 5.74) is 1.14. The zero-order valence-corrected chi connectivity index (χ0v) is 19.1. The van der Waals surface area contributed by atoms with E-state index in [4.69, 9.17) is 0 Å². The van der Waals surface area contributed by atoms with Crippen molar-refractivity contribution in [3.8, 4) is 0 Å². The summed E-state index contributed by atoms with van der Waals surface area (Å²) in [6.45, 7) is 9.49. The van der Waals surface area contributed by atoms with E-state index in [2.05, 4.69) is 24.3 Å². The molecule has 29 heavy (non-hydrogen) atoms. The van der Waals surface area contributed by atoms with E-state index in [1.165, 1.54) is 12.8 Å². The van der Waals surface area contributed by atoms with E-state index >= 15 is 0 Å². The molecule has 164 valence electrons. The quantitative estimate of drug-likeness (QED) is 0.761. The molecule has 2 aliphatic rings. The highest BCUT2D eigenvalue weighted by atomic mass is 32.2. The molecule has 2 fully saturated rings. The third-order valence-corrected chi connectivity index (χ3v) is 8.74. The summed E-state index contributed by atoms with van der Waals surface area (Å²) in [4.78, 5) is 12.7. The van der Waals surface area contributed by atoms with Gasteiger partial charge in [0, 0.05) is 25.6 Å². The fourth-order valence-corrected chi connectivity index (χ4v) is 6.38. The van der Waals surface area contributed by atoms with Crippen molar-refractivity contribution >= 4 is 15.9 Å². The molecule has 3 rings (SSSR count). The SMILES string of the molecule is Cc1nn(CCC(=O)NC2CCC(C)CC2)c(C)c1S(=O)(=O)N1CCC(C)CC1. The predicted molar refractivity (Wildman–Crippen MR) is 113 cm³/mol. The molecule has 1 N–H and O–H groups in total. The van der Waals surface area contributed by atoms with E-state index in [1.54, 1.807) is 22.8 Å². The van der Waals surface area contributed by atoms with Gasteiger partial charge in [0.2, 0.25) is 15.9 Å². The summed E-state index contributed by atoms with van der Waals surface area (Å²) >= 11 is 0. The molecule has 0 bridgehead atoms. The minimum atomic E-state index is -3.54. The number of rotatable bonds is 6. The Morgan fingerprint density at radius 3 is 2.24 bits per heavy atom. The van der Waals surface area contributed by atoms with E-state index in [-0.39, 0.29) is 11.9 Å². The zero-order valence-electron chi connectivity index (χ0n) is 18.3. The van der Waals surface area contributed by atoms with Gasteiger partial charge in [-0.1, -0.05) is 13.8 Å². The third kappa shape index (κ3) is 5.20. The monoisotopic (exact) mass is 424 g/mol. The first kappa shape index (κ1) is 22.3. The molecule has 0 atom stereocenters. The fraction of sp³-hybridized carbons (Fsp3) is 0.810. The molecule has 1 aromatic heterocycles. The smallest absolute Gasteiger partial charge is 0.246 e. The Labute approximate surface area is 175 Å². The number of aromatic nitrogens is 2. The van der Waals surface area contributed by atoms with Crippen LogP contribution in [-0.4, -0.2) is 47.5 Å². The van der Waals surface area contributed by atoms with Crippen LogP contribution < -0.4 is 5.32 Å². The van der Waals surface area contributed by atoms with Crippen molar-refractivity contribution in [3.63, 3.8) is 0 Å². The Morgan fingerprint density at radius 1 is 1.03 bits per heavy atom. The zero-order chi connectivity index (χ0) is 21.2. The van der Waals surface area contributed by atoms with Crippen molar-refractivity contribution in [3.05, 3.63) is 11.4 Å². The van der Waals surface area contributed by atoms with Gasteiger partial charge in [-0.2, -0.15) is 9.40 Å². The highest BCUT2D eigenvalue weighted by Crippen LogP contribution is 2.28. The van der Waals surface area contributed by atoms with E-state index in [1.807, 2.05) is 0 Å². The van der Waals surface area contributed by atoms with Gasteiger partial charge in [0.25, 0.3) is 0 Å². The molecule has 1 aliphatic carbocycles. The van der Waals surface area contributed by atoms with Gasteiger partial charge in [-0.3, -0.25) is 9.48 Å². The number of carbonyl (C=O) groups is 1. The molecule has 1 saturated carbocycles. The summed E-state index contributed by atoms with van der Waals surface area (Å²) < 4.78 is 29.6. The largest absolute Gasteiger partial charge is 0.353 e. The molecule has 8 heteroatoms. The number of sulfonamides is 1. The lowest BCUT2D eigenvalue weighted by atomic mass is 9.87. The average molecular weight is 425 g/mol. The van der Waals surface area contributed by atoms with Crippen LogP contribution in [0.2, 0.25) is 0 Å². The Kier molecular flexibility index (Phi) is 7.04. The highest BCUT2D eigenvalue weighted by Gasteiger charge is 2.33. The second-order valence-corrected chi connectivity index (χ2v) is 11.0. The lowest BCUT2D eigenvalue weighted by molar-refractivity contribution is -0.122. The first-order valence-electron chi connectivity index (χ1n) is 11.0. The van der Waals surface area contributed by atoms with Gasteiger partial charge < -0.3 is 5.32 Å². The van der Waals surface area contributed by atoms with Gasteiger partial charge in [0.15, 0.2) is 0 Å². The van der Waals surface area contributed by atoms with Crippen LogP contribution in [0, 0.1) is 25.7 Å². The summed E-state index contributed by atoms with van der Waals surface area (Å²) in [6, 6.07) is 0.275. The minimum absolute atomic E-state index is 0.0199. The van der Waals surface area contributed by atoms with Crippen molar-refractivity contribution in [1.29, 1.82) is 0 Å². The van der Waals surface area contributed by atoms with Crippen LogP contribution in [0.5, 0.6) is 0 Å². The number of piperidine rings is 1. The Bertz CT molecular complexity index is 817. The van der Waals surface area contributed by atoms with Crippen molar-refractivity contribution in [2.45, 2.75) is 90.1 Å². The molecular weight excluding hydrogens is 388 g/mol. The average Bonchev–Trinajstić information content (AvgIpc) is 2.96. The molecule has 7 nitrogen and oxygen atoms in total.